The molecule has 0 aliphatic heterocycles. The number of pyridine rings is 1. The fraction of sp³-hybridized carbons (Fsp3) is 0.120. The topological polar surface area (TPSA) is 49.2 Å². The highest BCUT2D eigenvalue weighted by Gasteiger charge is 2.19. The molecule has 5 aromatic rings. The Morgan fingerprint density at radius 2 is 1.53 bits per heavy atom. The van der Waals surface area contributed by atoms with Crippen LogP contribution in [0.15, 0.2) is 72.8 Å². The van der Waals surface area contributed by atoms with Crippen LogP contribution >= 0.6 is 0 Å². The minimum Gasteiger partial charge on any atom is -0.497 e. The van der Waals surface area contributed by atoms with Gasteiger partial charge in [0.15, 0.2) is 0 Å². The number of imidazole rings is 1. The normalized spacial score (nSPS) is 11.2. The van der Waals surface area contributed by atoms with Gasteiger partial charge >= 0.3 is 0 Å². The zero-order chi connectivity index (χ0) is 20.7. The molecule has 3 aromatic carbocycles. The van der Waals surface area contributed by atoms with Crippen molar-refractivity contribution in [3.8, 4) is 34.1 Å². The molecule has 0 N–H and O–H groups in total. The summed E-state index contributed by atoms with van der Waals surface area (Å²) in [7, 11) is 5.34. The van der Waals surface area contributed by atoms with Gasteiger partial charge in [0.1, 0.15) is 17.3 Å². The van der Waals surface area contributed by atoms with Gasteiger partial charge in [0, 0.05) is 35.7 Å². The van der Waals surface area contributed by atoms with Crippen LogP contribution in [0.2, 0.25) is 0 Å². The van der Waals surface area contributed by atoms with Crippen LogP contribution in [-0.4, -0.2) is 28.8 Å². The lowest BCUT2D eigenvalue weighted by atomic mass is 10.0. The van der Waals surface area contributed by atoms with Crippen LogP contribution in [0.25, 0.3) is 44.6 Å². The first-order chi connectivity index (χ1) is 14.7. The number of fused-ring (bicyclic) bond motifs is 2. The lowest BCUT2D eigenvalue weighted by Gasteiger charge is -2.14. The average Bonchev–Trinajstić information content (AvgIpc) is 3.14. The highest BCUT2D eigenvalue weighted by atomic mass is 16.5. The molecule has 2 heterocycles. The van der Waals surface area contributed by atoms with Crippen molar-refractivity contribution in [2.24, 2.45) is 7.05 Å². The number of methoxy groups -OCH3 is 2. The van der Waals surface area contributed by atoms with Gasteiger partial charge < -0.3 is 14.0 Å². The second-order valence-electron chi connectivity index (χ2n) is 7.13. The Morgan fingerprint density at radius 3 is 2.27 bits per heavy atom. The van der Waals surface area contributed by atoms with E-state index in [1.54, 1.807) is 14.2 Å². The van der Waals surface area contributed by atoms with Crippen molar-refractivity contribution in [3.05, 3.63) is 72.8 Å². The highest BCUT2D eigenvalue weighted by Crippen LogP contribution is 2.38. The third kappa shape index (κ3) is 2.87. The van der Waals surface area contributed by atoms with Crippen molar-refractivity contribution in [3.63, 3.8) is 0 Å². The maximum absolute atomic E-state index is 5.65. The van der Waals surface area contributed by atoms with Crippen LogP contribution in [0.3, 0.4) is 0 Å². The molecule has 0 saturated heterocycles. The first kappa shape index (κ1) is 18.2. The fourth-order valence-electron chi connectivity index (χ4n) is 3.88. The van der Waals surface area contributed by atoms with Crippen LogP contribution < -0.4 is 9.47 Å². The van der Waals surface area contributed by atoms with E-state index in [-0.39, 0.29) is 0 Å². The van der Waals surface area contributed by atoms with Gasteiger partial charge in [-0.15, -0.1) is 0 Å². The van der Waals surface area contributed by atoms with Crippen molar-refractivity contribution < 1.29 is 9.47 Å². The summed E-state index contributed by atoms with van der Waals surface area (Å²) in [5.41, 5.74) is 5.70. The molecular formula is C25H21N3O2. The van der Waals surface area contributed by atoms with Crippen molar-refractivity contribution >= 4 is 21.9 Å². The summed E-state index contributed by atoms with van der Waals surface area (Å²) in [4.78, 5) is 9.96. The number of benzene rings is 3. The first-order valence-corrected chi connectivity index (χ1v) is 9.73. The number of hydrogen-bond acceptors (Lipinski definition) is 4. The van der Waals surface area contributed by atoms with Crippen LogP contribution in [0.5, 0.6) is 11.5 Å². The molecule has 0 unspecified atom stereocenters. The van der Waals surface area contributed by atoms with E-state index >= 15 is 0 Å². The van der Waals surface area contributed by atoms with Crippen LogP contribution in [0.1, 0.15) is 0 Å². The third-order valence-corrected chi connectivity index (χ3v) is 5.40. The molecule has 148 valence electrons. The SMILES string of the molecule is COc1cc(OC)c2cc(-c3nc4ccccc4n3C)c(-c3ccccc3)nc2c1. The van der Waals surface area contributed by atoms with E-state index < -0.39 is 0 Å². The monoisotopic (exact) mass is 395 g/mol. The molecule has 30 heavy (non-hydrogen) atoms. The Balaban J connectivity index is 1.88. The smallest absolute Gasteiger partial charge is 0.143 e. The molecule has 0 radical (unpaired) electrons. The number of hydrogen-bond donors (Lipinski definition) is 0. The lowest BCUT2D eigenvalue weighted by Crippen LogP contribution is -1.99. The summed E-state index contributed by atoms with van der Waals surface area (Å²) in [5.74, 6) is 2.29. The average molecular weight is 395 g/mol. The summed E-state index contributed by atoms with van der Waals surface area (Å²) in [6.45, 7) is 0. The quantitative estimate of drug-likeness (QED) is 0.405. The largest absolute Gasteiger partial charge is 0.497 e. The van der Waals surface area contributed by atoms with Gasteiger partial charge in [0.25, 0.3) is 0 Å². The molecule has 5 heteroatoms. The van der Waals surface area contributed by atoms with Crippen molar-refractivity contribution in [2.45, 2.75) is 0 Å². The second-order valence-corrected chi connectivity index (χ2v) is 7.13. The molecule has 0 amide bonds. The maximum atomic E-state index is 5.65. The van der Waals surface area contributed by atoms with Gasteiger partial charge in [-0.05, 0) is 18.2 Å². The minimum absolute atomic E-state index is 0.710. The molecule has 0 aliphatic carbocycles. The minimum atomic E-state index is 0.710. The number of rotatable bonds is 4. The summed E-state index contributed by atoms with van der Waals surface area (Å²) in [6.07, 6.45) is 0. The van der Waals surface area contributed by atoms with E-state index in [9.17, 15) is 0 Å². The molecule has 2 aromatic heterocycles. The third-order valence-electron chi connectivity index (χ3n) is 5.40. The molecule has 0 atom stereocenters. The first-order valence-electron chi connectivity index (χ1n) is 9.73. The van der Waals surface area contributed by atoms with Gasteiger partial charge in [-0.3, -0.25) is 0 Å². The van der Waals surface area contributed by atoms with E-state index in [0.29, 0.717) is 5.75 Å². The van der Waals surface area contributed by atoms with E-state index in [0.717, 1.165) is 50.3 Å². The molecule has 0 bridgehead atoms. The van der Waals surface area contributed by atoms with Crippen LogP contribution in [-0.2, 0) is 7.05 Å². The number of ether oxygens (including phenoxy) is 2. The number of nitrogens with zero attached hydrogens (tertiary/aromatic N) is 3. The van der Waals surface area contributed by atoms with Crippen molar-refractivity contribution in [2.75, 3.05) is 14.2 Å². The lowest BCUT2D eigenvalue weighted by molar-refractivity contribution is 0.398. The van der Waals surface area contributed by atoms with Crippen molar-refractivity contribution in [1.29, 1.82) is 0 Å². The Bertz CT molecular complexity index is 1370. The maximum Gasteiger partial charge on any atom is 0.143 e. The predicted molar refractivity (Wildman–Crippen MR) is 120 cm³/mol. The molecule has 0 fully saturated rings. The Labute approximate surface area is 174 Å². The summed E-state index contributed by atoms with van der Waals surface area (Å²) >= 11 is 0. The molecular weight excluding hydrogens is 374 g/mol. The van der Waals surface area contributed by atoms with Crippen LogP contribution in [0, 0.1) is 0 Å². The van der Waals surface area contributed by atoms with E-state index in [1.165, 1.54) is 0 Å². The van der Waals surface area contributed by atoms with E-state index in [1.807, 2.05) is 55.6 Å². The highest BCUT2D eigenvalue weighted by molar-refractivity contribution is 5.95. The molecule has 0 saturated carbocycles. The van der Waals surface area contributed by atoms with Gasteiger partial charge in [0.05, 0.1) is 36.5 Å². The Kier molecular flexibility index (Phi) is 4.36. The summed E-state index contributed by atoms with van der Waals surface area (Å²) < 4.78 is 13.2. The zero-order valence-corrected chi connectivity index (χ0v) is 17.1. The van der Waals surface area contributed by atoms with Crippen molar-refractivity contribution in [1.82, 2.24) is 14.5 Å². The Morgan fingerprint density at radius 1 is 0.767 bits per heavy atom. The number of para-hydroxylation sites is 2. The van der Waals surface area contributed by atoms with Gasteiger partial charge in [-0.25, -0.2) is 9.97 Å². The van der Waals surface area contributed by atoms with E-state index in [4.69, 9.17) is 19.4 Å². The Hall–Kier alpha value is -3.86. The van der Waals surface area contributed by atoms with Gasteiger partial charge in [-0.1, -0.05) is 42.5 Å². The zero-order valence-electron chi connectivity index (χ0n) is 17.1. The molecule has 0 spiro atoms. The summed E-state index contributed by atoms with van der Waals surface area (Å²) in [5, 5.41) is 0.917. The standard InChI is InChI=1S/C25H21N3O2/c1-28-22-12-8-7-11-20(22)27-25(28)19-15-18-21(13-17(29-2)14-23(18)30-3)26-24(19)16-9-5-4-6-10-16/h4-15H,1-3H3. The van der Waals surface area contributed by atoms with Gasteiger partial charge in [-0.2, -0.15) is 0 Å². The predicted octanol–water partition coefficient (Wildman–Crippen LogP) is 5.47. The molecule has 0 aliphatic rings. The van der Waals surface area contributed by atoms with Crippen LogP contribution in [0.4, 0.5) is 0 Å². The molecule has 5 nitrogen and oxygen atoms in total. The summed E-state index contributed by atoms with van der Waals surface area (Å²) in [6, 6.07) is 24.2. The number of aromatic nitrogens is 3. The number of aryl methyl sites for hydroxylation is 1. The van der Waals surface area contributed by atoms with E-state index in [2.05, 4.69) is 28.8 Å². The molecule has 5 rings (SSSR count). The van der Waals surface area contributed by atoms with Gasteiger partial charge in [0.2, 0.25) is 0 Å². The fourth-order valence-corrected chi connectivity index (χ4v) is 3.88. The second kappa shape index (κ2) is 7.19.